The Balaban J connectivity index is 1.67. The molecule has 3 rings (SSSR count). The summed E-state index contributed by atoms with van der Waals surface area (Å²) in [5.41, 5.74) is 1.70. The fourth-order valence-electron chi connectivity index (χ4n) is 3.70. The van der Waals surface area contributed by atoms with E-state index < -0.39 is 5.60 Å². The van der Waals surface area contributed by atoms with E-state index in [2.05, 4.69) is 10.4 Å². The summed E-state index contributed by atoms with van der Waals surface area (Å²) in [5.74, 6) is -0.0519. The smallest absolute Gasteiger partial charge is 0.410 e. The number of likely N-dealkylation sites (tertiary alicyclic amines) is 1. The van der Waals surface area contributed by atoms with Crippen LogP contribution in [-0.2, 0) is 4.74 Å². The number of nitrogens with one attached hydrogen (secondary N) is 1. The summed E-state index contributed by atoms with van der Waals surface area (Å²) >= 11 is 6.14. The van der Waals surface area contributed by atoms with Gasteiger partial charge in [0.1, 0.15) is 5.60 Å². The van der Waals surface area contributed by atoms with Crippen LogP contribution in [0.15, 0.2) is 30.5 Å². The number of hydrogen-bond donors (Lipinski definition) is 1. The van der Waals surface area contributed by atoms with Crippen molar-refractivity contribution in [2.45, 2.75) is 65.0 Å². The molecule has 168 valence electrons. The summed E-state index contributed by atoms with van der Waals surface area (Å²) in [7, 11) is 0. The number of rotatable bonds is 4. The molecule has 0 spiro atoms. The van der Waals surface area contributed by atoms with Gasteiger partial charge in [-0.05, 0) is 57.7 Å². The van der Waals surface area contributed by atoms with Gasteiger partial charge in [-0.1, -0.05) is 31.5 Å². The third-order valence-corrected chi connectivity index (χ3v) is 5.37. The quantitative estimate of drug-likeness (QED) is 0.733. The van der Waals surface area contributed by atoms with E-state index in [1.165, 1.54) is 0 Å². The van der Waals surface area contributed by atoms with Crippen molar-refractivity contribution in [3.8, 4) is 5.69 Å². The first-order chi connectivity index (χ1) is 14.5. The molecule has 1 fully saturated rings. The normalized spacial score (nSPS) is 15.3. The molecular formula is C23H31ClN4O3. The van der Waals surface area contributed by atoms with Crippen molar-refractivity contribution in [3.05, 3.63) is 46.7 Å². The second-order valence-corrected chi connectivity index (χ2v) is 9.64. The molecule has 0 saturated carbocycles. The number of benzene rings is 1. The van der Waals surface area contributed by atoms with Crippen molar-refractivity contribution in [3.63, 3.8) is 0 Å². The molecule has 0 unspecified atom stereocenters. The summed E-state index contributed by atoms with van der Waals surface area (Å²) < 4.78 is 7.21. The molecule has 0 bridgehead atoms. The van der Waals surface area contributed by atoms with E-state index in [9.17, 15) is 9.59 Å². The van der Waals surface area contributed by atoms with E-state index in [1.807, 2.05) is 52.8 Å². The predicted octanol–water partition coefficient (Wildman–Crippen LogP) is 4.78. The molecule has 2 heterocycles. The van der Waals surface area contributed by atoms with Crippen LogP contribution in [0.25, 0.3) is 5.69 Å². The molecule has 0 aliphatic carbocycles. The van der Waals surface area contributed by atoms with Crippen molar-refractivity contribution in [1.29, 1.82) is 0 Å². The Hall–Kier alpha value is -2.54. The van der Waals surface area contributed by atoms with E-state index in [1.54, 1.807) is 21.8 Å². The summed E-state index contributed by atoms with van der Waals surface area (Å²) in [4.78, 5) is 27.0. The molecule has 0 radical (unpaired) electrons. The van der Waals surface area contributed by atoms with Crippen LogP contribution in [0, 0.1) is 0 Å². The van der Waals surface area contributed by atoms with Crippen LogP contribution < -0.4 is 5.32 Å². The first kappa shape index (κ1) is 23.1. The maximum absolute atomic E-state index is 13.1. The number of piperidine rings is 1. The number of amides is 2. The van der Waals surface area contributed by atoms with Gasteiger partial charge in [-0.2, -0.15) is 5.10 Å². The Kier molecular flexibility index (Phi) is 6.94. The van der Waals surface area contributed by atoms with Crippen LogP contribution in [0.4, 0.5) is 4.79 Å². The van der Waals surface area contributed by atoms with E-state index in [0.29, 0.717) is 36.5 Å². The molecule has 31 heavy (non-hydrogen) atoms. The molecule has 1 saturated heterocycles. The molecule has 2 aromatic rings. The van der Waals surface area contributed by atoms with Gasteiger partial charge in [0, 0.05) is 24.2 Å². The van der Waals surface area contributed by atoms with E-state index >= 15 is 0 Å². The van der Waals surface area contributed by atoms with Crippen molar-refractivity contribution in [1.82, 2.24) is 20.0 Å². The minimum atomic E-state index is -0.515. The zero-order valence-electron chi connectivity index (χ0n) is 18.8. The summed E-state index contributed by atoms with van der Waals surface area (Å²) in [6.45, 7) is 10.7. The Morgan fingerprint density at radius 3 is 2.48 bits per heavy atom. The standard InChI is InChI=1S/C23H31ClN4O3/c1-15(2)20-19(14-25-28(20)18-8-6-7-16(24)13-18)21(29)26-17-9-11-27(12-10-17)22(30)31-23(3,4)5/h6-8,13-15,17H,9-12H2,1-5H3,(H,26,29). The van der Waals surface area contributed by atoms with Gasteiger partial charge in [0.2, 0.25) is 0 Å². The van der Waals surface area contributed by atoms with Crippen molar-refractivity contribution in [2.75, 3.05) is 13.1 Å². The lowest BCUT2D eigenvalue weighted by Crippen LogP contribution is -2.47. The number of nitrogens with zero attached hydrogens (tertiary/aromatic N) is 3. The lowest BCUT2D eigenvalue weighted by Gasteiger charge is -2.33. The minimum absolute atomic E-state index is 0.000665. The number of halogens is 1. The maximum Gasteiger partial charge on any atom is 0.410 e. The van der Waals surface area contributed by atoms with Crippen LogP contribution in [0.1, 0.15) is 69.4 Å². The number of hydrogen-bond acceptors (Lipinski definition) is 4. The topological polar surface area (TPSA) is 76.5 Å². The van der Waals surface area contributed by atoms with Crippen molar-refractivity contribution < 1.29 is 14.3 Å². The second-order valence-electron chi connectivity index (χ2n) is 9.20. The van der Waals surface area contributed by atoms with Gasteiger partial charge in [-0.15, -0.1) is 0 Å². The second kappa shape index (κ2) is 9.30. The van der Waals surface area contributed by atoms with Gasteiger partial charge >= 0.3 is 6.09 Å². The number of carbonyl (C=O) groups excluding carboxylic acids is 2. The molecule has 1 aromatic carbocycles. The van der Waals surface area contributed by atoms with E-state index in [0.717, 1.165) is 11.4 Å². The molecule has 2 amide bonds. The molecule has 7 nitrogen and oxygen atoms in total. The van der Waals surface area contributed by atoms with Gasteiger partial charge in [-0.3, -0.25) is 4.79 Å². The first-order valence-corrected chi connectivity index (χ1v) is 11.1. The molecular weight excluding hydrogens is 416 g/mol. The van der Waals surface area contributed by atoms with Gasteiger partial charge in [0.05, 0.1) is 23.1 Å². The van der Waals surface area contributed by atoms with Crippen LogP contribution in [0.5, 0.6) is 0 Å². The van der Waals surface area contributed by atoms with E-state index in [-0.39, 0.29) is 24.0 Å². The van der Waals surface area contributed by atoms with Gasteiger partial charge in [0.25, 0.3) is 5.91 Å². The van der Waals surface area contributed by atoms with Crippen LogP contribution in [0.2, 0.25) is 5.02 Å². The fourth-order valence-corrected chi connectivity index (χ4v) is 3.88. The zero-order valence-corrected chi connectivity index (χ0v) is 19.6. The van der Waals surface area contributed by atoms with Crippen molar-refractivity contribution >= 4 is 23.6 Å². The average Bonchev–Trinajstić information content (AvgIpc) is 3.13. The molecule has 1 aromatic heterocycles. The third-order valence-electron chi connectivity index (χ3n) is 5.13. The molecule has 1 aliphatic heterocycles. The third kappa shape index (κ3) is 5.79. The molecule has 1 N–H and O–H groups in total. The Bertz CT molecular complexity index is 941. The fraction of sp³-hybridized carbons (Fsp3) is 0.522. The number of aromatic nitrogens is 2. The van der Waals surface area contributed by atoms with E-state index in [4.69, 9.17) is 16.3 Å². The van der Waals surface area contributed by atoms with Gasteiger partial charge < -0.3 is 15.0 Å². The Labute approximate surface area is 188 Å². The highest BCUT2D eigenvalue weighted by molar-refractivity contribution is 6.30. The highest BCUT2D eigenvalue weighted by Crippen LogP contribution is 2.25. The predicted molar refractivity (Wildman–Crippen MR) is 121 cm³/mol. The van der Waals surface area contributed by atoms with Gasteiger partial charge in [-0.25, -0.2) is 9.48 Å². The van der Waals surface area contributed by atoms with Crippen LogP contribution >= 0.6 is 11.6 Å². The average molecular weight is 447 g/mol. The molecule has 8 heteroatoms. The Morgan fingerprint density at radius 1 is 1.23 bits per heavy atom. The highest BCUT2D eigenvalue weighted by atomic mass is 35.5. The summed E-state index contributed by atoms with van der Waals surface area (Å²) in [6, 6.07) is 7.41. The Morgan fingerprint density at radius 2 is 1.90 bits per heavy atom. The minimum Gasteiger partial charge on any atom is -0.444 e. The highest BCUT2D eigenvalue weighted by Gasteiger charge is 2.29. The molecule has 0 atom stereocenters. The molecule has 1 aliphatic rings. The zero-order chi connectivity index (χ0) is 22.8. The maximum atomic E-state index is 13.1. The summed E-state index contributed by atoms with van der Waals surface area (Å²) in [5, 5.41) is 8.19. The number of carbonyl (C=O) groups is 2. The van der Waals surface area contributed by atoms with Crippen LogP contribution in [-0.4, -0.2) is 51.4 Å². The lowest BCUT2D eigenvalue weighted by atomic mass is 10.0. The van der Waals surface area contributed by atoms with Gasteiger partial charge in [0.15, 0.2) is 0 Å². The van der Waals surface area contributed by atoms with Crippen LogP contribution in [0.3, 0.4) is 0 Å². The monoisotopic (exact) mass is 446 g/mol. The lowest BCUT2D eigenvalue weighted by molar-refractivity contribution is 0.0199. The number of ether oxygens (including phenoxy) is 1. The SMILES string of the molecule is CC(C)c1c(C(=O)NC2CCN(C(=O)OC(C)(C)C)CC2)cnn1-c1cccc(Cl)c1. The van der Waals surface area contributed by atoms with Crippen molar-refractivity contribution in [2.24, 2.45) is 0 Å². The summed E-state index contributed by atoms with van der Waals surface area (Å²) in [6.07, 6.45) is 2.68. The first-order valence-electron chi connectivity index (χ1n) is 10.7. The largest absolute Gasteiger partial charge is 0.444 e.